The van der Waals surface area contributed by atoms with Crippen molar-refractivity contribution in [3.8, 4) is 0 Å². The van der Waals surface area contributed by atoms with Gasteiger partial charge in [0.25, 0.3) is 0 Å². The Morgan fingerprint density at radius 2 is 1.67 bits per heavy atom. The van der Waals surface area contributed by atoms with Crippen molar-refractivity contribution in [2.45, 2.75) is 25.7 Å². The minimum Gasteiger partial charge on any atom is -0.744 e. The van der Waals surface area contributed by atoms with Crippen molar-refractivity contribution < 1.29 is 31.8 Å². The van der Waals surface area contributed by atoms with Gasteiger partial charge >= 0.3 is 18.9 Å². The fraction of sp³-hybridized carbons (Fsp3) is 0.333. The van der Waals surface area contributed by atoms with Gasteiger partial charge in [-0.25, -0.2) is 8.42 Å². The second-order valence-electron chi connectivity index (χ2n) is 3.33. The molecule has 0 aliphatic heterocycles. The van der Waals surface area contributed by atoms with Crippen molar-refractivity contribution in [1.82, 2.24) is 0 Å². The number of nitrogen functional groups attached to an aromatic ring is 1. The number of hydrogen-bond donors (Lipinski definition) is 1. The van der Waals surface area contributed by atoms with Crippen LogP contribution in [0.15, 0.2) is 11.0 Å². The second kappa shape index (κ2) is 4.58. The average molecular weight is 221 g/mol. The fourth-order valence-electron chi connectivity index (χ4n) is 1.57. The van der Waals surface area contributed by atoms with Gasteiger partial charge in [-0.2, -0.15) is 0 Å². The summed E-state index contributed by atoms with van der Waals surface area (Å²) in [7, 11) is -4.43. The van der Waals surface area contributed by atoms with Gasteiger partial charge in [0.2, 0.25) is 0 Å². The Hall–Kier alpha value is -0.473. The second-order valence-corrected chi connectivity index (χ2v) is 4.65. The van der Waals surface area contributed by atoms with Gasteiger partial charge in [-0.1, -0.05) is 6.07 Å². The van der Waals surface area contributed by atoms with Crippen LogP contribution in [0.1, 0.15) is 16.7 Å². The SMILES string of the molecule is Cc1cc(C)c(S(=O)(=O)[O-])c(C)c1N.[Li+]. The predicted molar refractivity (Wildman–Crippen MR) is 53.0 cm³/mol. The summed E-state index contributed by atoms with van der Waals surface area (Å²) in [4.78, 5) is -0.194. The maximum atomic E-state index is 10.9. The van der Waals surface area contributed by atoms with Crippen molar-refractivity contribution in [3.05, 3.63) is 22.8 Å². The van der Waals surface area contributed by atoms with E-state index in [2.05, 4.69) is 0 Å². The van der Waals surface area contributed by atoms with Crippen LogP contribution in [0.2, 0.25) is 0 Å². The van der Waals surface area contributed by atoms with Crippen LogP contribution in [0.3, 0.4) is 0 Å². The fourth-order valence-corrected chi connectivity index (χ4v) is 2.50. The van der Waals surface area contributed by atoms with Crippen LogP contribution in [0.5, 0.6) is 0 Å². The van der Waals surface area contributed by atoms with Crippen LogP contribution in [0, 0.1) is 20.8 Å². The average Bonchev–Trinajstić information content (AvgIpc) is 1.97. The van der Waals surface area contributed by atoms with E-state index in [-0.39, 0.29) is 23.8 Å². The summed E-state index contributed by atoms with van der Waals surface area (Å²) in [6.45, 7) is 4.90. The molecular formula is C9H12LiNO3S. The van der Waals surface area contributed by atoms with Gasteiger partial charge in [-0.05, 0) is 37.5 Å². The molecule has 1 aromatic carbocycles. The molecule has 0 aromatic heterocycles. The first-order chi connectivity index (χ1) is 6.25. The van der Waals surface area contributed by atoms with E-state index in [1.165, 1.54) is 0 Å². The third kappa shape index (κ3) is 2.76. The van der Waals surface area contributed by atoms with Crippen LogP contribution in [0.25, 0.3) is 0 Å². The van der Waals surface area contributed by atoms with Crippen LogP contribution < -0.4 is 24.6 Å². The minimum absolute atomic E-state index is 0. The first-order valence-electron chi connectivity index (χ1n) is 4.07. The smallest absolute Gasteiger partial charge is 0.744 e. The molecule has 0 saturated carbocycles. The zero-order valence-electron chi connectivity index (χ0n) is 9.29. The standard InChI is InChI=1S/C9H13NO3S.Li/c1-5-4-6(2)9(14(11,12)13)7(3)8(5)10;/h4H,10H2,1-3H3,(H,11,12,13);/q;+1/p-1. The summed E-state index contributed by atoms with van der Waals surface area (Å²) >= 11 is 0. The molecule has 0 spiro atoms. The molecule has 6 heteroatoms. The van der Waals surface area contributed by atoms with Gasteiger partial charge in [-0.3, -0.25) is 0 Å². The number of hydrogen-bond acceptors (Lipinski definition) is 4. The summed E-state index contributed by atoms with van der Waals surface area (Å²) in [6.07, 6.45) is 0. The van der Waals surface area contributed by atoms with Crippen molar-refractivity contribution in [1.29, 1.82) is 0 Å². The van der Waals surface area contributed by atoms with Gasteiger partial charge in [0.1, 0.15) is 10.1 Å². The van der Waals surface area contributed by atoms with Gasteiger partial charge in [0.15, 0.2) is 0 Å². The zero-order chi connectivity index (χ0) is 11.1. The third-order valence-corrected chi connectivity index (χ3v) is 3.34. The normalized spacial score (nSPS) is 10.9. The Labute approximate surface area is 102 Å². The number of aryl methyl sites for hydroxylation is 2. The molecule has 0 saturated heterocycles. The topological polar surface area (TPSA) is 83.2 Å². The summed E-state index contributed by atoms with van der Waals surface area (Å²) < 4.78 is 32.8. The molecule has 0 aliphatic rings. The quantitative estimate of drug-likeness (QED) is 0.341. The predicted octanol–water partition coefficient (Wildman–Crippen LogP) is -1.90. The van der Waals surface area contributed by atoms with Crippen molar-refractivity contribution in [2.24, 2.45) is 0 Å². The van der Waals surface area contributed by atoms with E-state index in [9.17, 15) is 13.0 Å². The largest absolute Gasteiger partial charge is 1.00 e. The van der Waals surface area contributed by atoms with Crippen molar-refractivity contribution in [3.63, 3.8) is 0 Å². The summed E-state index contributed by atoms with van der Waals surface area (Å²) in [5, 5.41) is 0. The van der Waals surface area contributed by atoms with Gasteiger partial charge in [0, 0.05) is 5.69 Å². The molecule has 0 aliphatic carbocycles. The van der Waals surface area contributed by atoms with E-state index in [0.29, 0.717) is 16.8 Å². The Bertz CT molecular complexity index is 483. The molecule has 0 amide bonds. The molecule has 0 atom stereocenters. The van der Waals surface area contributed by atoms with Crippen LogP contribution in [0.4, 0.5) is 5.69 Å². The molecule has 2 N–H and O–H groups in total. The van der Waals surface area contributed by atoms with E-state index in [1.54, 1.807) is 26.8 Å². The van der Waals surface area contributed by atoms with E-state index in [4.69, 9.17) is 5.73 Å². The van der Waals surface area contributed by atoms with E-state index in [0.717, 1.165) is 5.56 Å². The molecule has 4 nitrogen and oxygen atoms in total. The van der Waals surface area contributed by atoms with Crippen LogP contribution in [-0.2, 0) is 10.1 Å². The van der Waals surface area contributed by atoms with Gasteiger partial charge in [0.05, 0.1) is 4.90 Å². The Kier molecular flexibility index (Phi) is 4.44. The van der Waals surface area contributed by atoms with Crippen molar-refractivity contribution >= 4 is 15.8 Å². The van der Waals surface area contributed by atoms with E-state index in [1.807, 2.05) is 0 Å². The summed E-state index contributed by atoms with van der Waals surface area (Å²) in [6, 6.07) is 1.60. The molecule has 0 radical (unpaired) electrons. The van der Waals surface area contributed by atoms with E-state index >= 15 is 0 Å². The summed E-state index contributed by atoms with van der Waals surface area (Å²) in [5.41, 5.74) is 7.59. The Morgan fingerprint density at radius 1 is 1.20 bits per heavy atom. The first-order valence-corrected chi connectivity index (χ1v) is 5.48. The molecule has 0 heterocycles. The van der Waals surface area contributed by atoms with Gasteiger partial charge in [-0.15, -0.1) is 0 Å². The number of anilines is 1. The molecular weight excluding hydrogens is 209 g/mol. The molecule has 0 bridgehead atoms. The molecule has 0 fully saturated rings. The van der Waals surface area contributed by atoms with E-state index < -0.39 is 10.1 Å². The molecule has 78 valence electrons. The molecule has 15 heavy (non-hydrogen) atoms. The first kappa shape index (κ1) is 14.5. The van der Waals surface area contributed by atoms with Crippen molar-refractivity contribution in [2.75, 3.05) is 5.73 Å². The maximum Gasteiger partial charge on any atom is 1.00 e. The molecule has 1 rings (SSSR count). The number of rotatable bonds is 1. The van der Waals surface area contributed by atoms with Gasteiger partial charge < -0.3 is 10.3 Å². The maximum absolute atomic E-state index is 10.9. The molecule has 1 aromatic rings. The zero-order valence-corrected chi connectivity index (χ0v) is 10.1. The minimum atomic E-state index is -4.43. The van der Waals surface area contributed by atoms with Crippen LogP contribution >= 0.6 is 0 Å². The Balaban J connectivity index is 0.00000196. The van der Waals surface area contributed by atoms with Crippen LogP contribution in [-0.4, -0.2) is 13.0 Å². The number of nitrogens with two attached hydrogens (primary N) is 1. The molecule has 0 unspecified atom stereocenters. The number of benzene rings is 1. The monoisotopic (exact) mass is 221 g/mol. The summed E-state index contributed by atoms with van der Waals surface area (Å²) in [5.74, 6) is 0. The third-order valence-electron chi connectivity index (χ3n) is 2.21. The Morgan fingerprint density at radius 3 is 2.07 bits per heavy atom.